The summed E-state index contributed by atoms with van der Waals surface area (Å²) in [6, 6.07) is 2.31. The molecule has 0 spiro atoms. The quantitative estimate of drug-likeness (QED) is 0.298. The molecule has 0 amide bonds. The van der Waals surface area contributed by atoms with Crippen molar-refractivity contribution in [2.45, 2.75) is 65.2 Å². The summed E-state index contributed by atoms with van der Waals surface area (Å²) >= 11 is 0. The first-order valence-electron chi connectivity index (χ1n) is 8.89. The smallest absolute Gasteiger partial charge is 0.339 e. The third kappa shape index (κ3) is 4.59. The van der Waals surface area contributed by atoms with Crippen LogP contribution in [-0.2, 0) is 6.42 Å². The van der Waals surface area contributed by atoms with Crippen LogP contribution in [0.1, 0.15) is 63.0 Å². The molecule has 25 heavy (non-hydrogen) atoms. The van der Waals surface area contributed by atoms with E-state index in [1.54, 1.807) is 6.92 Å². The van der Waals surface area contributed by atoms with Crippen LogP contribution in [-0.4, -0.2) is 10.0 Å². The van der Waals surface area contributed by atoms with E-state index in [9.17, 15) is 20.0 Å². The molecular weight excluding hydrogens is 322 g/mol. The number of aromatic hydroxyl groups is 1. The number of fused-ring (bicyclic) bond motifs is 1. The van der Waals surface area contributed by atoms with Crippen molar-refractivity contribution in [3.05, 3.63) is 43.8 Å². The van der Waals surface area contributed by atoms with Crippen LogP contribution in [0.2, 0.25) is 0 Å². The summed E-state index contributed by atoms with van der Waals surface area (Å²) < 4.78 is 5.16. The predicted octanol–water partition coefficient (Wildman–Crippen LogP) is 5.01. The van der Waals surface area contributed by atoms with Crippen LogP contribution in [0.4, 0.5) is 5.69 Å². The molecule has 0 bridgehead atoms. The van der Waals surface area contributed by atoms with E-state index in [1.807, 2.05) is 0 Å². The van der Waals surface area contributed by atoms with Crippen LogP contribution in [0.15, 0.2) is 21.3 Å². The van der Waals surface area contributed by atoms with Crippen LogP contribution < -0.4 is 5.63 Å². The molecule has 1 aromatic heterocycles. The zero-order valence-corrected chi connectivity index (χ0v) is 14.8. The van der Waals surface area contributed by atoms with Crippen molar-refractivity contribution in [1.82, 2.24) is 0 Å². The number of hydrogen-bond acceptors (Lipinski definition) is 5. The number of nitro benzene ring substituents is 1. The molecule has 2 aromatic rings. The Balaban J connectivity index is 2.22. The molecule has 0 aliphatic heterocycles. The SMILES string of the molecule is CCCCCCCCCc1c(C)c(=O)oc2cc([N+](=O)[O-])cc(O)c12. The van der Waals surface area contributed by atoms with Gasteiger partial charge in [-0.05, 0) is 25.3 Å². The third-order valence-electron chi connectivity index (χ3n) is 4.57. The highest BCUT2D eigenvalue weighted by Gasteiger charge is 2.19. The number of hydrogen-bond donors (Lipinski definition) is 1. The van der Waals surface area contributed by atoms with Gasteiger partial charge in [0.25, 0.3) is 5.69 Å². The maximum atomic E-state index is 12.0. The fraction of sp³-hybridized carbons (Fsp3) is 0.526. The Hall–Kier alpha value is -2.37. The Morgan fingerprint density at radius 3 is 2.40 bits per heavy atom. The van der Waals surface area contributed by atoms with Crippen molar-refractivity contribution in [2.75, 3.05) is 0 Å². The molecule has 0 radical (unpaired) electrons. The Kier molecular flexibility index (Phi) is 6.56. The average molecular weight is 347 g/mol. The minimum absolute atomic E-state index is 0.0697. The van der Waals surface area contributed by atoms with Gasteiger partial charge in [-0.25, -0.2) is 4.79 Å². The van der Waals surface area contributed by atoms with Crippen LogP contribution in [0.3, 0.4) is 0 Å². The molecule has 0 aliphatic rings. The maximum absolute atomic E-state index is 12.0. The average Bonchev–Trinajstić information content (AvgIpc) is 2.56. The second-order valence-corrected chi connectivity index (χ2v) is 6.46. The number of phenolic OH excluding ortho intramolecular Hbond substituents is 1. The van der Waals surface area contributed by atoms with E-state index >= 15 is 0 Å². The first kappa shape index (κ1) is 19.0. The van der Waals surface area contributed by atoms with Gasteiger partial charge in [-0.2, -0.15) is 0 Å². The highest BCUT2D eigenvalue weighted by Crippen LogP contribution is 2.33. The van der Waals surface area contributed by atoms with E-state index in [1.165, 1.54) is 31.7 Å². The number of unbranched alkanes of at least 4 members (excludes halogenated alkanes) is 6. The van der Waals surface area contributed by atoms with Gasteiger partial charge in [0.1, 0.15) is 11.3 Å². The summed E-state index contributed by atoms with van der Waals surface area (Å²) in [5.41, 5.74) is 0.458. The largest absolute Gasteiger partial charge is 0.507 e. The first-order chi connectivity index (χ1) is 12.0. The number of benzene rings is 1. The second kappa shape index (κ2) is 8.65. The lowest BCUT2D eigenvalue weighted by atomic mass is 9.98. The van der Waals surface area contributed by atoms with Crippen molar-refractivity contribution in [3.63, 3.8) is 0 Å². The molecule has 1 heterocycles. The Morgan fingerprint density at radius 1 is 1.12 bits per heavy atom. The van der Waals surface area contributed by atoms with E-state index in [4.69, 9.17) is 4.42 Å². The minimum Gasteiger partial charge on any atom is -0.507 e. The van der Waals surface area contributed by atoms with Crippen LogP contribution in [0, 0.1) is 17.0 Å². The summed E-state index contributed by atoms with van der Waals surface area (Å²) in [5.74, 6) is -0.214. The topological polar surface area (TPSA) is 93.6 Å². The number of nitro groups is 1. The number of non-ortho nitro benzene ring substituents is 1. The molecule has 0 aliphatic carbocycles. The van der Waals surface area contributed by atoms with Crippen molar-refractivity contribution >= 4 is 16.7 Å². The fourth-order valence-electron chi connectivity index (χ4n) is 3.13. The minimum atomic E-state index is -0.616. The van der Waals surface area contributed by atoms with E-state index in [0.717, 1.165) is 30.9 Å². The number of phenols is 1. The third-order valence-corrected chi connectivity index (χ3v) is 4.57. The molecule has 1 N–H and O–H groups in total. The molecule has 0 saturated carbocycles. The zero-order chi connectivity index (χ0) is 18.4. The van der Waals surface area contributed by atoms with E-state index in [0.29, 0.717) is 17.4 Å². The predicted molar refractivity (Wildman–Crippen MR) is 97.2 cm³/mol. The van der Waals surface area contributed by atoms with Gasteiger partial charge in [0.05, 0.1) is 22.4 Å². The summed E-state index contributed by atoms with van der Waals surface area (Å²) in [5, 5.41) is 21.6. The summed E-state index contributed by atoms with van der Waals surface area (Å²) in [4.78, 5) is 22.3. The van der Waals surface area contributed by atoms with Gasteiger partial charge in [-0.3, -0.25) is 10.1 Å². The molecule has 0 fully saturated rings. The molecule has 0 unspecified atom stereocenters. The highest BCUT2D eigenvalue weighted by molar-refractivity contribution is 5.89. The zero-order valence-electron chi connectivity index (χ0n) is 14.8. The molecule has 2 rings (SSSR count). The molecule has 136 valence electrons. The van der Waals surface area contributed by atoms with Crippen LogP contribution in [0.5, 0.6) is 5.75 Å². The maximum Gasteiger partial charge on any atom is 0.339 e. The summed E-state index contributed by atoms with van der Waals surface area (Å²) in [6.45, 7) is 3.86. The van der Waals surface area contributed by atoms with Gasteiger partial charge in [-0.15, -0.1) is 0 Å². The molecule has 1 aromatic carbocycles. The van der Waals surface area contributed by atoms with Crippen molar-refractivity contribution < 1.29 is 14.4 Å². The monoisotopic (exact) mass is 347 g/mol. The van der Waals surface area contributed by atoms with Crippen molar-refractivity contribution in [2.24, 2.45) is 0 Å². The first-order valence-corrected chi connectivity index (χ1v) is 8.89. The molecule has 6 nitrogen and oxygen atoms in total. The molecule has 0 saturated heterocycles. The lowest BCUT2D eigenvalue weighted by molar-refractivity contribution is -0.384. The van der Waals surface area contributed by atoms with E-state index < -0.39 is 10.5 Å². The molecular formula is C19H25NO5. The van der Waals surface area contributed by atoms with Gasteiger partial charge in [0.15, 0.2) is 0 Å². The van der Waals surface area contributed by atoms with Crippen LogP contribution >= 0.6 is 0 Å². The summed E-state index contributed by atoms with van der Waals surface area (Å²) in [6.07, 6.45) is 8.69. The Morgan fingerprint density at radius 2 is 1.76 bits per heavy atom. The number of nitrogens with zero attached hydrogens (tertiary/aromatic N) is 1. The number of aryl methyl sites for hydroxylation is 1. The Labute approximate surface area is 146 Å². The van der Waals surface area contributed by atoms with Crippen molar-refractivity contribution in [3.8, 4) is 5.75 Å². The molecule has 0 atom stereocenters. The normalized spacial score (nSPS) is 11.1. The summed E-state index contributed by atoms with van der Waals surface area (Å²) in [7, 11) is 0. The van der Waals surface area contributed by atoms with Gasteiger partial charge in [0.2, 0.25) is 0 Å². The second-order valence-electron chi connectivity index (χ2n) is 6.46. The standard InChI is InChI=1S/C19H25NO5/c1-3-4-5-6-7-8-9-10-15-13(2)19(22)25-17-12-14(20(23)24)11-16(21)18(15)17/h11-12,21H,3-10H2,1-2H3. The fourth-order valence-corrected chi connectivity index (χ4v) is 3.13. The highest BCUT2D eigenvalue weighted by atomic mass is 16.6. The molecule has 6 heteroatoms. The van der Waals surface area contributed by atoms with Gasteiger partial charge in [0, 0.05) is 5.56 Å². The number of rotatable bonds is 9. The van der Waals surface area contributed by atoms with Crippen molar-refractivity contribution in [1.29, 1.82) is 0 Å². The van der Waals surface area contributed by atoms with Crippen LogP contribution in [0.25, 0.3) is 11.0 Å². The van der Waals surface area contributed by atoms with Gasteiger partial charge < -0.3 is 9.52 Å². The van der Waals surface area contributed by atoms with Gasteiger partial charge >= 0.3 is 5.63 Å². The lowest BCUT2D eigenvalue weighted by Crippen LogP contribution is -2.08. The lowest BCUT2D eigenvalue weighted by Gasteiger charge is -2.10. The van der Waals surface area contributed by atoms with Gasteiger partial charge in [-0.1, -0.05) is 45.4 Å². The van der Waals surface area contributed by atoms with E-state index in [2.05, 4.69) is 6.92 Å². The van der Waals surface area contributed by atoms with E-state index in [-0.39, 0.29) is 17.0 Å². The Bertz CT molecular complexity index is 810.